The van der Waals surface area contributed by atoms with E-state index in [0.717, 1.165) is 19.4 Å². The first-order chi connectivity index (χ1) is 10.3. The Hall–Kier alpha value is -2.06. The predicted molar refractivity (Wildman–Crippen MR) is 74.1 cm³/mol. The van der Waals surface area contributed by atoms with E-state index in [9.17, 15) is 10.1 Å². The van der Waals surface area contributed by atoms with Crippen molar-refractivity contribution in [3.05, 3.63) is 23.8 Å². The van der Waals surface area contributed by atoms with Gasteiger partial charge >= 0.3 is 0 Å². The number of ether oxygens (including phenoxy) is 3. The average Bonchev–Trinajstić information content (AvgIpc) is 3.16. The second-order valence-corrected chi connectivity index (χ2v) is 5.31. The molecular formula is C16H17NO4. The van der Waals surface area contributed by atoms with Gasteiger partial charge in [0.2, 0.25) is 6.79 Å². The standard InChI is InChI=1S/C16H17NO4/c17-9-13(14(18)5-4-12-2-1-7-19-12)11-3-6-15-16(8-11)21-10-20-15/h3,6,8,12-13H,1-2,4-5,7,10H2. The molecule has 2 aliphatic rings. The van der Waals surface area contributed by atoms with Gasteiger partial charge in [-0.05, 0) is 37.0 Å². The number of nitriles is 1. The Bertz CT molecular complexity index is 572. The highest BCUT2D eigenvalue weighted by Gasteiger charge is 2.25. The van der Waals surface area contributed by atoms with Crippen LogP contribution in [0.1, 0.15) is 37.2 Å². The Morgan fingerprint density at radius 1 is 1.38 bits per heavy atom. The average molecular weight is 287 g/mol. The number of Topliss-reactive ketones (excluding diaryl/α,β-unsaturated/α-hetero) is 1. The van der Waals surface area contributed by atoms with Gasteiger partial charge in [-0.3, -0.25) is 4.79 Å². The molecule has 2 heterocycles. The van der Waals surface area contributed by atoms with Crippen LogP contribution < -0.4 is 9.47 Å². The number of benzene rings is 1. The van der Waals surface area contributed by atoms with Crippen LogP contribution in [0, 0.1) is 11.3 Å². The van der Waals surface area contributed by atoms with E-state index < -0.39 is 5.92 Å². The summed E-state index contributed by atoms with van der Waals surface area (Å²) in [5.41, 5.74) is 0.666. The molecule has 0 saturated carbocycles. The lowest BCUT2D eigenvalue weighted by Gasteiger charge is -2.12. The summed E-state index contributed by atoms with van der Waals surface area (Å²) in [5.74, 6) is 0.440. The minimum Gasteiger partial charge on any atom is -0.454 e. The van der Waals surface area contributed by atoms with Gasteiger partial charge in [0, 0.05) is 13.0 Å². The molecule has 1 saturated heterocycles. The predicted octanol–water partition coefficient (Wildman–Crippen LogP) is 2.55. The van der Waals surface area contributed by atoms with E-state index in [0.29, 0.717) is 29.9 Å². The fourth-order valence-electron chi connectivity index (χ4n) is 2.74. The zero-order chi connectivity index (χ0) is 14.7. The monoisotopic (exact) mass is 287 g/mol. The molecule has 21 heavy (non-hydrogen) atoms. The molecule has 2 atom stereocenters. The lowest BCUT2D eigenvalue weighted by atomic mass is 9.92. The van der Waals surface area contributed by atoms with Crippen molar-refractivity contribution in [1.82, 2.24) is 0 Å². The van der Waals surface area contributed by atoms with E-state index in [-0.39, 0.29) is 18.7 Å². The van der Waals surface area contributed by atoms with E-state index in [4.69, 9.17) is 14.2 Å². The smallest absolute Gasteiger partial charge is 0.231 e. The highest BCUT2D eigenvalue weighted by Crippen LogP contribution is 2.35. The molecule has 0 aromatic heterocycles. The van der Waals surface area contributed by atoms with E-state index in [2.05, 4.69) is 6.07 Å². The minimum absolute atomic E-state index is 0.0631. The highest BCUT2D eigenvalue weighted by molar-refractivity contribution is 5.88. The van der Waals surface area contributed by atoms with Crippen molar-refractivity contribution in [3.8, 4) is 17.6 Å². The van der Waals surface area contributed by atoms with Crippen LogP contribution in [0.3, 0.4) is 0 Å². The van der Waals surface area contributed by atoms with Gasteiger partial charge in [-0.1, -0.05) is 6.07 Å². The number of carbonyl (C=O) groups excluding carboxylic acids is 1. The van der Waals surface area contributed by atoms with Crippen LogP contribution in [0.4, 0.5) is 0 Å². The van der Waals surface area contributed by atoms with E-state index in [1.54, 1.807) is 18.2 Å². The van der Waals surface area contributed by atoms with Crippen LogP contribution in [-0.4, -0.2) is 25.3 Å². The second-order valence-electron chi connectivity index (χ2n) is 5.31. The number of ketones is 1. The quantitative estimate of drug-likeness (QED) is 0.832. The third-order valence-corrected chi connectivity index (χ3v) is 3.92. The van der Waals surface area contributed by atoms with Gasteiger partial charge in [0.1, 0.15) is 5.92 Å². The minimum atomic E-state index is -0.749. The zero-order valence-corrected chi connectivity index (χ0v) is 11.7. The number of hydrogen-bond acceptors (Lipinski definition) is 5. The SMILES string of the molecule is N#CC(C(=O)CCC1CCCO1)c1ccc2c(c1)OCO2. The molecule has 0 radical (unpaired) electrons. The molecule has 1 aromatic carbocycles. The van der Waals surface area contributed by atoms with Gasteiger partial charge in [-0.2, -0.15) is 5.26 Å². The number of fused-ring (bicyclic) bond motifs is 1. The maximum atomic E-state index is 12.3. The summed E-state index contributed by atoms with van der Waals surface area (Å²) in [7, 11) is 0. The maximum absolute atomic E-state index is 12.3. The molecule has 2 unspecified atom stereocenters. The third-order valence-electron chi connectivity index (χ3n) is 3.92. The molecule has 3 rings (SSSR count). The molecule has 0 amide bonds. The Labute approximate surface area is 123 Å². The molecule has 2 aliphatic heterocycles. The van der Waals surface area contributed by atoms with Gasteiger partial charge in [0.15, 0.2) is 17.3 Å². The molecule has 5 nitrogen and oxygen atoms in total. The molecule has 0 N–H and O–H groups in total. The summed E-state index contributed by atoms with van der Waals surface area (Å²) >= 11 is 0. The van der Waals surface area contributed by atoms with Crippen LogP contribution in [0.15, 0.2) is 18.2 Å². The summed E-state index contributed by atoms with van der Waals surface area (Å²) in [5, 5.41) is 9.32. The molecule has 0 bridgehead atoms. The Balaban J connectivity index is 1.66. The zero-order valence-electron chi connectivity index (χ0n) is 11.7. The molecule has 5 heteroatoms. The van der Waals surface area contributed by atoms with Crippen LogP contribution in [-0.2, 0) is 9.53 Å². The summed E-state index contributed by atoms with van der Waals surface area (Å²) in [6, 6.07) is 7.32. The van der Waals surface area contributed by atoms with Gasteiger partial charge in [-0.25, -0.2) is 0 Å². The summed E-state index contributed by atoms with van der Waals surface area (Å²) in [4.78, 5) is 12.3. The number of carbonyl (C=O) groups is 1. The third kappa shape index (κ3) is 3.01. The van der Waals surface area contributed by atoms with Crippen molar-refractivity contribution in [2.45, 2.75) is 37.7 Å². The summed E-state index contributed by atoms with van der Waals surface area (Å²) in [6.45, 7) is 0.964. The van der Waals surface area contributed by atoms with Crippen molar-refractivity contribution < 1.29 is 19.0 Å². The first-order valence-electron chi connectivity index (χ1n) is 7.21. The first kappa shape index (κ1) is 13.9. The molecule has 0 spiro atoms. The van der Waals surface area contributed by atoms with Crippen LogP contribution in [0.2, 0.25) is 0 Å². The van der Waals surface area contributed by atoms with Gasteiger partial charge in [-0.15, -0.1) is 0 Å². The second kappa shape index (κ2) is 6.15. The lowest BCUT2D eigenvalue weighted by Crippen LogP contribution is -2.14. The Kier molecular flexibility index (Phi) is 4.07. The first-order valence-corrected chi connectivity index (χ1v) is 7.21. The van der Waals surface area contributed by atoms with Gasteiger partial charge in [0.05, 0.1) is 12.2 Å². The van der Waals surface area contributed by atoms with Crippen molar-refractivity contribution in [1.29, 1.82) is 5.26 Å². The molecule has 110 valence electrons. The molecular weight excluding hydrogens is 270 g/mol. The largest absolute Gasteiger partial charge is 0.454 e. The molecule has 0 aliphatic carbocycles. The van der Waals surface area contributed by atoms with Crippen molar-refractivity contribution in [2.24, 2.45) is 0 Å². The topological polar surface area (TPSA) is 68.6 Å². The Morgan fingerprint density at radius 3 is 3.00 bits per heavy atom. The highest BCUT2D eigenvalue weighted by atomic mass is 16.7. The van der Waals surface area contributed by atoms with Gasteiger partial charge < -0.3 is 14.2 Å². The maximum Gasteiger partial charge on any atom is 0.231 e. The van der Waals surface area contributed by atoms with E-state index in [1.165, 1.54) is 0 Å². The molecule has 1 aromatic rings. The van der Waals surface area contributed by atoms with E-state index in [1.807, 2.05) is 0 Å². The number of hydrogen-bond donors (Lipinski definition) is 0. The Morgan fingerprint density at radius 2 is 2.24 bits per heavy atom. The van der Waals surface area contributed by atoms with Crippen molar-refractivity contribution in [2.75, 3.05) is 13.4 Å². The number of nitrogens with zero attached hydrogens (tertiary/aromatic N) is 1. The van der Waals surface area contributed by atoms with Crippen LogP contribution in [0.5, 0.6) is 11.5 Å². The fraction of sp³-hybridized carbons (Fsp3) is 0.500. The summed E-state index contributed by atoms with van der Waals surface area (Å²) < 4.78 is 16.0. The normalized spacial score (nSPS) is 21.0. The fourth-order valence-corrected chi connectivity index (χ4v) is 2.74. The lowest BCUT2D eigenvalue weighted by molar-refractivity contribution is -0.120. The van der Waals surface area contributed by atoms with Crippen molar-refractivity contribution in [3.63, 3.8) is 0 Å². The van der Waals surface area contributed by atoms with Crippen LogP contribution >= 0.6 is 0 Å². The van der Waals surface area contributed by atoms with E-state index >= 15 is 0 Å². The summed E-state index contributed by atoms with van der Waals surface area (Å²) in [6.07, 6.45) is 3.31. The number of rotatable bonds is 5. The molecule has 1 fully saturated rings. The van der Waals surface area contributed by atoms with Gasteiger partial charge in [0.25, 0.3) is 0 Å². The van der Waals surface area contributed by atoms with Crippen molar-refractivity contribution >= 4 is 5.78 Å². The van der Waals surface area contributed by atoms with Crippen LogP contribution in [0.25, 0.3) is 0 Å².